The number of pyridine rings is 1. The van der Waals surface area contributed by atoms with Crippen molar-refractivity contribution in [2.45, 2.75) is 123 Å². The van der Waals surface area contributed by atoms with Crippen molar-refractivity contribution >= 4 is 99.3 Å². The Hall–Kier alpha value is -6.23. The number of hydrogen-bond donors (Lipinski definition) is 9. The van der Waals surface area contributed by atoms with Gasteiger partial charge in [0.2, 0.25) is 35.8 Å². The van der Waals surface area contributed by atoms with Crippen LogP contribution in [0.5, 0.6) is 5.75 Å². The van der Waals surface area contributed by atoms with E-state index >= 15 is 0 Å². The van der Waals surface area contributed by atoms with E-state index in [1.807, 2.05) is 19.9 Å². The van der Waals surface area contributed by atoms with E-state index in [4.69, 9.17) is 19.9 Å². The molecule has 0 bridgehead atoms. The van der Waals surface area contributed by atoms with E-state index in [1.165, 1.54) is 42.1 Å². The molecule has 3 aliphatic heterocycles. The number of thioether (sulfide) groups is 1. The van der Waals surface area contributed by atoms with Crippen LogP contribution in [0.25, 0.3) is 6.08 Å². The minimum atomic E-state index is -2.01. The number of aliphatic carboxylic acids is 1. The summed E-state index contributed by atoms with van der Waals surface area (Å²) in [6.07, 6.45) is 1.46. The number of aromatic nitrogens is 1. The first-order valence-corrected chi connectivity index (χ1v) is 27.6. The molecule has 422 valence electrons. The van der Waals surface area contributed by atoms with Crippen molar-refractivity contribution in [3.8, 4) is 5.75 Å². The molecular formula is C53H67IN8O15S. The van der Waals surface area contributed by atoms with Crippen molar-refractivity contribution < 1.29 is 73.0 Å². The SMILES string of the molecule is CCCC(C)(I)SC1CC(=O)N(C(CN)C(=O)NCCC(=O)Nc2cc(COC(=O)Nc3cccc(C(=O)N4CCC(CCCCNC(=O)/C=C/c5cccnc5)CC4)c3)ccc2OC2OC(C(=O)O)C(O)[C@H](O)[C@@H]2O)C1=O. The molecule has 10 N–H and O–H groups in total. The normalized spacial score (nSPS) is 21.8. The number of hydrogen-bond acceptors (Lipinski definition) is 17. The van der Waals surface area contributed by atoms with Gasteiger partial charge in [-0.25, -0.2) is 9.59 Å². The minimum Gasteiger partial charge on any atom is -0.479 e. The number of nitrogens with one attached hydrogen (secondary N) is 4. The van der Waals surface area contributed by atoms with Crippen LogP contribution in [0.1, 0.15) is 93.1 Å². The van der Waals surface area contributed by atoms with E-state index in [9.17, 15) is 58.8 Å². The second kappa shape index (κ2) is 29.1. The van der Waals surface area contributed by atoms with Gasteiger partial charge < -0.3 is 61.2 Å². The summed E-state index contributed by atoms with van der Waals surface area (Å²) >= 11 is 3.60. The fourth-order valence-corrected chi connectivity index (χ4v) is 11.9. The molecule has 3 aromatic rings. The Bertz CT molecular complexity index is 2640. The summed E-state index contributed by atoms with van der Waals surface area (Å²) in [6, 6.07) is 12.8. The topological polar surface area (TPSA) is 339 Å². The molecule has 3 aliphatic rings. The number of anilines is 2. The van der Waals surface area contributed by atoms with Crippen LogP contribution < -0.4 is 31.7 Å². The molecule has 0 spiro atoms. The number of likely N-dealkylation sites (tertiary alicyclic amines) is 2. The van der Waals surface area contributed by atoms with Crippen LogP contribution in [0.15, 0.2) is 73.1 Å². The number of carboxylic acid groups (broad SMARTS) is 1. The molecule has 8 atom stereocenters. The summed E-state index contributed by atoms with van der Waals surface area (Å²) in [5.41, 5.74) is 7.56. The van der Waals surface area contributed by atoms with Gasteiger partial charge in [-0.05, 0) is 92.1 Å². The fourth-order valence-electron chi connectivity index (χ4n) is 9.06. The summed E-state index contributed by atoms with van der Waals surface area (Å²) < 4.78 is 16.2. The largest absolute Gasteiger partial charge is 0.479 e. The van der Waals surface area contributed by atoms with Gasteiger partial charge >= 0.3 is 12.1 Å². The first-order valence-electron chi connectivity index (χ1n) is 25.7. The zero-order valence-electron chi connectivity index (χ0n) is 43.2. The van der Waals surface area contributed by atoms with Crippen molar-refractivity contribution in [1.29, 1.82) is 0 Å². The third-order valence-corrected chi connectivity index (χ3v) is 15.8. The molecule has 1 aromatic heterocycles. The highest BCUT2D eigenvalue weighted by molar-refractivity contribution is 14.1. The molecular weight excluding hydrogens is 1150 g/mol. The molecule has 3 saturated heterocycles. The van der Waals surface area contributed by atoms with Crippen LogP contribution in [0.4, 0.5) is 16.2 Å². The number of nitrogens with two attached hydrogens (primary N) is 1. The lowest BCUT2D eigenvalue weighted by Gasteiger charge is -2.38. The lowest BCUT2D eigenvalue weighted by Crippen LogP contribution is -2.61. The van der Waals surface area contributed by atoms with Gasteiger partial charge in [0.1, 0.15) is 36.7 Å². The zero-order valence-corrected chi connectivity index (χ0v) is 46.2. The molecule has 7 amide bonds. The van der Waals surface area contributed by atoms with Crippen molar-refractivity contribution in [2.24, 2.45) is 11.7 Å². The molecule has 3 fully saturated rings. The van der Waals surface area contributed by atoms with E-state index < -0.39 is 77.7 Å². The zero-order chi connectivity index (χ0) is 56.5. The lowest BCUT2D eigenvalue weighted by molar-refractivity contribution is -0.271. The number of alkyl halides is 1. The van der Waals surface area contributed by atoms with E-state index in [0.717, 1.165) is 55.4 Å². The fraction of sp³-hybridized carbons (Fsp3) is 0.491. The van der Waals surface area contributed by atoms with E-state index in [2.05, 4.69) is 48.8 Å². The molecule has 0 aliphatic carbocycles. The Morgan fingerprint density at radius 2 is 1.74 bits per heavy atom. The lowest BCUT2D eigenvalue weighted by atomic mass is 9.91. The number of unbranched alkanes of at least 4 members (excludes halogenated alkanes) is 1. The second-order valence-corrected chi connectivity index (χ2v) is 24.0. The van der Waals surface area contributed by atoms with Crippen molar-refractivity contribution in [1.82, 2.24) is 25.4 Å². The maximum Gasteiger partial charge on any atom is 0.411 e. The van der Waals surface area contributed by atoms with Crippen LogP contribution in [0.2, 0.25) is 0 Å². The number of nitrogens with zero attached hydrogens (tertiary/aromatic N) is 3. The van der Waals surface area contributed by atoms with E-state index in [1.54, 1.807) is 47.6 Å². The van der Waals surface area contributed by atoms with Gasteiger partial charge in [0, 0.05) is 75.3 Å². The number of ether oxygens (including phenoxy) is 3. The average molecular weight is 1220 g/mol. The van der Waals surface area contributed by atoms with Crippen LogP contribution >= 0.6 is 34.4 Å². The predicted molar refractivity (Wildman–Crippen MR) is 295 cm³/mol. The number of carbonyl (C=O) groups excluding carboxylic acids is 7. The number of halogens is 1. The molecule has 78 heavy (non-hydrogen) atoms. The number of carboxylic acids is 1. The van der Waals surface area contributed by atoms with Crippen molar-refractivity contribution in [3.63, 3.8) is 0 Å². The summed E-state index contributed by atoms with van der Waals surface area (Å²) in [5, 5.41) is 50.8. The van der Waals surface area contributed by atoms with Gasteiger partial charge in [-0.2, -0.15) is 0 Å². The van der Waals surface area contributed by atoms with Crippen LogP contribution in [0.3, 0.4) is 0 Å². The number of imide groups is 1. The molecule has 23 nitrogen and oxygen atoms in total. The second-order valence-electron chi connectivity index (χ2n) is 19.2. The molecule has 6 unspecified atom stereocenters. The van der Waals surface area contributed by atoms with Gasteiger partial charge in [0.15, 0.2) is 6.10 Å². The highest BCUT2D eigenvalue weighted by Gasteiger charge is 2.49. The number of benzene rings is 2. The van der Waals surface area contributed by atoms with Gasteiger partial charge in [-0.3, -0.25) is 44.0 Å². The highest BCUT2D eigenvalue weighted by Crippen LogP contribution is 2.43. The number of carbonyl (C=O) groups is 8. The first kappa shape index (κ1) is 61.0. The molecule has 2 aromatic carbocycles. The van der Waals surface area contributed by atoms with E-state index in [-0.39, 0.29) is 69.8 Å². The third-order valence-electron chi connectivity index (χ3n) is 13.2. The Balaban J connectivity index is 1.01. The Morgan fingerprint density at radius 3 is 2.45 bits per heavy atom. The summed E-state index contributed by atoms with van der Waals surface area (Å²) in [4.78, 5) is 110. The van der Waals surface area contributed by atoms with E-state index in [0.29, 0.717) is 31.1 Å². The number of aliphatic hydroxyl groups is 3. The number of aliphatic hydroxyl groups excluding tert-OH is 3. The third kappa shape index (κ3) is 17.4. The van der Waals surface area contributed by atoms with Gasteiger partial charge in [-0.15, -0.1) is 11.8 Å². The van der Waals surface area contributed by atoms with Crippen molar-refractivity contribution in [3.05, 3.63) is 89.8 Å². The first-order chi connectivity index (χ1) is 37.3. The Labute approximate surface area is 468 Å². The molecule has 6 rings (SSSR count). The maximum absolute atomic E-state index is 13.6. The van der Waals surface area contributed by atoms with Crippen LogP contribution in [-0.4, -0.2) is 160 Å². The Morgan fingerprint density at radius 1 is 0.974 bits per heavy atom. The standard InChI is InChI=1S/C53H67IN8O15S/c1-3-19-53(2,54)78-39-27-42(65)62(49(39)71)37(28-55)47(69)58-22-16-41(64)60-36-25-33(12-14-38(36)76-51-45(68)43(66)44(67)46(77-51)50(72)73)30-75-52(74)59-35-11-6-10-34(26-35)48(70)61-23-17-31(18-24-61)8-4-5-21-57-40(63)15-13-32-9-7-20-56-29-32/h6-7,9-15,20,25-26,29,31,37,39,43-46,51,66-68H,3-5,8,16-19,21-24,27-28,30,55H2,1-2H3,(H,57,63)(H,58,69)(H,59,74)(H,60,64)(H,72,73)/b15-13+/t37?,39?,43-,44?,45-,46?,51?,53?/m0/s1. The Kier molecular flexibility index (Phi) is 22.8. The summed E-state index contributed by atoms with van der Waals surface area (Å²) in [7, 11) is 0. The maximum atomic E-state index is 13.6. The van der Waals surface area contributed by atoms with Gasteiger partial charge in [0.25, 0.3) is 5.91 Å². The number of rotatable bonds is 25. The summed E-state index contributed by atoms with van der Waals surface area (Å²) in [6.45, 7) is 4.66. The quantitative estimate of drug-likeness (QED) is 0.0193. The molecule has 25 heteroatoms. The van der Waals surface area contributed by atoms with Crippen molar-refractivity contribution in [2.75, 3.05) is 43.4 Å². The van der Waals surface area contributed by atoms with Crippen LogP contribution in [-0.2, 0) is 44.8 Å². The minimum absolute atomic E-state index is 0.0880. The summed E-state index contributed by atoms with van der Waals surface area (Å²) in [5.74, 6) is -4.31. The van der Waals surface area contributed by atoms with Gasteiger partial charge in [-0.1, -0.05) is 67.0 Å². The molecule has 0 radical (unpaired) electrons. The van der Waals surface area contributed by atoms with Gasteiger partial charge in [0.05, 0.1) is 13.7 Å². The molecule has 0 saturated carbocycles. The number of piperidine rings is 1. The van der Waals surface area contributed by atoms with Crippen LogP contribution in [0, 0.1) is 5.92 Å². The highest BCUT2D eigenvalue weighted by atomic mass is 127. The molecule has 4 heterocycles. The number of amides is 7. The smallest absolute Gasteiger partial charge is 0.411 e. The monoisotopic (exact) mass is 1210 g/mol. The predicted octanol–water partition coefficient (Wildman–Crippen LogP) is 3.54. The average Bonchev–Trinajstić information content (AvgIpc) is 3.70.